The van der Waals surface area contributed by atoms with Crippen molar-refractivity contribution in [2.24, 2.45) is 11.8 Å². The van der Waals surface area contributed by atoms with Gasteiger partial charge >= 0.3 is 0 Å². The molecule has 164 valence electrons. The summed E-state index contributed by atoms with van der Waals surface area (Å²) in [5, 5.41) is 16.7. The highest BCUT2D eigenvalue weighted by Gasteiger charge is 2.50. The van der Waals surface area contributed by atoms with Crippen molar-refractivity contribution in [2.45, 2.75) is 50.4 Å². The van der Waals surface area contributed by atoms with Crippen molar-refractivity contribution in [1.82, 2.24) is 15.2 Å². The molecule has 5 rings (SSSR count). The van der Waals surface area contributed by atoms with Gasteiger partial charge in [0.05, 0.1) is 19.2 Å². The maximum Gasteiger partial charge on any atom is 0.258 e. The highest BCUT2D eigenvalue weighted by atomic mass is 16.5. The van der Waals surface area contributed by atoms with Crippen molar-refractivity contribution in [3.8, 4) is 16.9 Å². The van der Waals surface area contributed by atoms with E-state index in [0.29, 0.717) is 17.9 Å². The summed E-state index contributed by atoms with van der Waals surface area (Å²) in [4.78, 5) is 26.2. The molecule has 1 aliphatic carbocycles. The third-order valence-electron chi connectivity index (χ3n) is 7.26. The number of nitrogens with one attached hydrogen (secondary N) is 2. The van der Waals surface area contributed by atoms with Crippen molar-refractivity contribution in [3.63, 3.8) is 0 Å². The Labute approximate surface area is 181 Å². The van der Waals surface area contributed by atoms with Crippen LogP contribution in [0, 0.1) is 11.8 Å². The summed E-state index contributed by atoms with van der Waals surface area (Å²) >= 11 is 0. The Bertz CT molecular complexity index is 1040. The van der Waals surface area contributed by atoms with Gasteiger partial charge in [0, 0.05) is 42.3 Å². The third-order valence-corrected chi connectivity index (χ3v) is 7.26. The van der Waals surface area contributed by atoms with E-state index in [4.69, 9.17) is 4.74 Å². The van der Waals surface area contributed by atoms with Gasteiger partial charge in [0.25, 0.3) is 5.56 Å². The second kappa shape index (κ2) is 8.13. The van der Waals surface area contributed by atoms with Crippen LogP contribution in [0.2, 0.25) is 0 Å². The van der Waals surface area contributed by atoms with Crippen molar-refractivity contribution in [2.75, 3.05) is 13.7 Å². The summed E-state index contributed by atoms with van der Waals surface area (Å²) in [5.74, 6) is 0.475. The summed E-state index contributed by atoms with van der Waals surface area (Å²) in [5.41, 5.74) is 2.28. The molecule has 0 radical (unpaired) electrons. The molecule has 2 aliphatic heterocycles. The number of ether oxygens (including phenoxy) is 1. The van der Waals surface area contributed by atoms with Gasteiger partial charge in [-0.3, -0.25) is 14.9 Å². The molecule has 7 nitrogen and oxygen atoms in total. The molecule has 0 unspecified atom stereocenters. The smallest absolute Gasteiger partial charge is 0.258 e. The fourth-order valence-electron chi connectivity index (χ4n) is 5.63. The molecule has 3 heterocycles. The summed E-state index contributed by atoms with van der Waals surface area (Å²) in [6, 6.07) is 11.0. The van der Waals surface area contributed by atoms with E-state index in [-0.39, 0.29) is 42.0 Å². The van der Waals surface area contributed by atoms with Gasteiger partial charge in [-0.25, -0.2) is 0 Å². The number of fused-ring (bicyclic) bond motifs is 3. The molecule has 4 atom stereocenters. The van der Waals surface area contributed by atoms with E-state index in [1.165, 1.54) is 0 Å². The van der Waals surface area contributed by atoms with Gasteiger partial charge in [0.1, 0.15) is 5.75 Å². The number of benzene rings is 1. The van der Waals surface area contributed by atoms with Gasteiger partial charge in [0.15, 0.2) is 0 Å². The number of aliphatic hydroxyl groups excluding tert-OH is 1. The van der Waals surface area contributed by atoms with E-state index in [1.807, 2.05) is 36.4 Å². The zero-order chi connectivity index (χ0) is 21.5. The second-order valence-electron chi connectivity index (χ2n) is 8.94. The minimum absolute atomic E-state index is 0.0117. The molecule has 2 aromatic rings. The molecule has 3 N–H and O–H groups in total. The van der Waals surface area contributed by atoms with E-state index in [9.17, 15) is 14.7 Å². The van der Waals surface area contributed by atoms with E-state index in [1.54, 1.807) is 11.7 Å². The molecule has 1 saturated carbocycles. The van der Waals surface area contributed by atoms with E-state index in [2.05, 4.69) is 10.6 Å². The first-order chi connectivity index (χ1) is 15.1. The van der Waals surface area contributed by atoms with E-state index < -0.39 is 6.04 Å². The van der Waals surface area contributed by atoms with Crippen LogP contribution in [0.3, 0.4) is 0 Å². The number of pyridine rings is 1. The van der Waals surface area contributed by atoms with Crippen LogP contribution in [0.15, 0.2) is 41.2 Å². The van der Waals surface area contributed by atoms with Crippen LogP contribution in [-0.4, -0.2) is 41.4 Å². The second-order valence-corrected chi connectivity index (χ2v) is 8.94. The van der Waals surface area contributed by atoms with Crippen LogP contribution in [0.1, 0.15) is 37.4 Å². The Morgan fingerprint density at radius 3 is 2.81 bits per heavy atom. The van der Waals surface area contributed by atoms with Gasteiger partial charge in [-0.05, 0) is 42.7 Å². The fraction of sp³-hybridized carbons (Fsp3) is 0.500. The first kappa shape index (κ1) is 20.3. The average molecular weight is 424 g/mol. The van der Waals surface area contributed by atoms with Crippen LogP contribution in [0.5, 0.6) is 5.75 Å². The molecule has 0 bridgehead atoms. The van der Waals surface area contributed by atoms with Crippen LogP contribution >= 0.6 is 0 Å². The molecule has 2 fully saturated rings. The average Bonchev–Trinajstić information content (AvgIpc) is 3.50. The topological polar surface area (TPSA) is 92.6 Å². The van der Waals surface area contributed by atoms with Crippen LogP contribution in [0.25, 0.3) is 11.1 Å². The third kappa shape index (κ3) is 3.46. The van der Waals surface area contributed by atoms with Gasteiger partial charge < -0.3 is 19.7 Å². The highest BCUT2D eigenvalue weighted by molar-refractivity contribution is 5.83. The van der Waals surface area contributed by atoms with Gasteiger partial charge in [0.2, 0.25) is 5.91 Å². The summed E-state index contributed by atoms with van der Waals surface area (Å²) in [6.45, 7) is 0.421. The number of carbonyl (C=O) groups is 1. The molecule has 7 heteroatoms. The van der Waals surface area contributed by atoms with Crippen molar-refractivity contribution in [3.05, 3.63) is 52.4 Å². The SMILES string of the molecule is COc1cccc(-c2ccc3n(c2=O)C[C@@H]2[C@@H](CO)[C@H](C(=O)NC4CCCC4)N[C@H]32)c1. The lowest BCUT2D eigenvalue weighted by Gasteiger charge is -2.23. The number of methoxy groups -OCH3 is 1. The lowest BCUT2D eigenvalue weighted by Crippen LogP contribution is -2.48. The van der Waals surface area contributed by atoms with Crippen molar-refractivity contribution >= 4 is 5.91 Å². The number of rotatable bonds is 5. The molecular weight excluding hydrogens is 394 g/mol. The Balaban J connectivity index is 1.41. The zero-order valence-corrected chi connectivity index (χ0v) is 17.7. The molecule has 31 heavy (non-hydrogen) atoms. The fourth-order valence-corrected chi connectivity index (χ4v) is 5.63. The first-order valence-corrected chi connectivity index (χ1v) is 11.2. The standard InChI is InChI=1S/C24H29N3O4/c1-31-16-8-4-5-14(11-16)17-9-10-20-21-18(12-27(20)24(17)30)19(13-28)22(26-21)23(29)25-15-6-2-3-7-15/h4-5,8-11,15,18-19,21-22,26,28H,2-3,6-7,12-13H2,1H3,(H,25,29)/t18-,19-,21+,22-/m1/s1. The molecule has 3 aliphatic rings. The highest BCUT2D eigenvalue weighted by Crippen LogP contribution is 2.43. The molecule has 1 aromatic heterocycles. The number of aromatic nitrogens is 1. The molecule has 1 aromatic carbocycles. The molecule has 1 saturated heterocycles. The van der Waals surface area contributed by atoms with Gasteiger partial charge in [-0.15, -0.1) is 0 Å². The van der Waals surface area contributed by atoms with Crippen molar-refractivity contribution in [1.29, 1.82) is 0 Å². The van der Waals surface area contributed by atoms with Crippen molar-refractivity contribution < 1.29 is 14.6 Å². The summed E-state index contributed by atoms with van der Waals surface area (Å²) in [7, 11) is 1.61. The molecule has 0 spiro atoms. The Kier molecular flexibility index (Phi) is 5.32. The number of hydrogen-bond acceptors (Lipinski definition) is 5. The van der Waals surface area contributed by atoms with E-state index in [0.717, 1.165) is 36.9 Å². The van der Waals surface area contributed by atoms with Crippen LogP contribution in [0.4, 0.5) is 0 Å². The maximum absolute atomic E-state index is 13.3. The number of carbonyl (C=O) groups excluding carboxylic acids is 1. The van der Waals surface area contributed by atoms with Crippen LogP contribution < -0.4 is 20.9 Å². The molecular formula is C24H29N3O4. The lowest BCUT2D eigenvalue weighted by atomic mass is 9.88. The monoisotopic (exact) mass is 423 g/mol. The lowest BCUT2D eigenvalue weighted by molar-refractivity contribution is -0.125. The number of hydrogen-bond donors (Lipinski definition) is 3. The minimum Gasteiger partial charge on any atom is -0.497 e. The van der Waals surface area contributed by atoms with Gasteiger partial charge in [-0.2, -0.15) is 0 Å². The predicted octanol–water partition coefficient (Wildman–Crippen LogP) is 1.83. The zero-order valence-electron chi connectivity index (χ0n) is 17.7. The van der Waals surface area contributed by atoms with Gasteiger partial charge in [-0.1, -0.05) is 25.0 Å². The minimum atomic E-state index is -0.428. The maximum atomic E-state index is 13.3. The quantitative estimate of drug-likeness (QED) is 0.683. The summed E-state index contributed by atoms with van der Waals surface area (Å²) in [6.07, 6.45) is 4.37. The largest absolute Gasteiger partial charge is 0.497 e. The predicted molar refractivity (Wildman–Crippen MR) is 117 cm³/mol. The number of amides is 1. The normalized spacial score (nSPS) is 27.2. The Hall–Kier alpha value is -2.64. The Morgan fingerprint density at radius 2 is 2.06 bits per heavy atom. The van der Waals surface area contributed by atoms with E-state index >= 15 is 0 Å². The summed E-state index contributed by atoms with van der Waals surface area (Å²) < 4.78 is 7.09. The van der Waals surface area contributed by atoms with Crippen LogP contribution in [-0.2, 0) is 11.3 Å². The number of nitrogens with zero attached hydrogens (tertiary/aromatic N) is 1. The number of aliphatic hydroxyl groups is 1. The molecule has 1 amide bonds. The Morgan fingerprint density at radius 1 is 1.26 bits per heavy atom. The first-order valence-electron chi connectivity index (χ1n) is 11.2.